The van der Waals surface area contributed by atoms with E-state index in [-0.39, 0.29) is 5.92 Å². The lowest BCUT2D eigenvalue weighted by Crippen LogP contribution is -1.87. The van der Waals surface area contributed by atoms with Crippen LogP contribution in [-0.2, 0) is 0 Å². The van der Waals surface area contributed by atoms with Crippen LogP contribution in [0.2, 0.25) is 0 Å². The van der Waals surface area contributed by atoms with Crippen LogP contribution in [0.1, 0.15) is 0 Å². The number of hydrogen-bond donors (Lipinski definition) is 1. The molecule has 16 heavy (non-hydrogen) atoms. The summed E-state index contributed by atoms with van der Waals surface area (Å²) in [4.78, 5) is 0. The second-order valence-corrected chi connectivity index (χ2v) is 3.08. The molecular formula is C14H14N2. The molecule has 2 aliphatic rings. The third kappa shape index (κ3) is 5.46. The SMILES string of the molecule is C1=CC=CNC=C1.N#CC1C=CC=CC=C1. The lowest BCUT2D eigenvalue weighted by Gasteiger charge is -1.87. The molecule has 0 saturated heterocycles. The van der Waals surface area contributed by atoms with E-state index in [1.165, 1.54) is 0 Å². The molecule has 0 unspecified atom stereocenters. The number of allylic oxidation sites excluding steroid dienone is 10. The van der Waals surface area contributed by atoms with E-state index in [0.717, 1.165) is 0 Å². The van der Waals surface area contributed by atoms with Crippen molar-refractivity contribution in [2.45, 2.75) is 0 Å². The molecule has 0 aromatic heterocycles. The molecular weight excluding hydrogens is 196 g/mol. The lowest BCUT2D eigenvalue weighted by molar-refractivity contribution is 1.08. The van der Waals surface area contributed by atoms with Crippen molar-refractivity contribution >= 4 is 0 Å². The maximum Gasteiger partial charge on any atom is 0.0830 e. The van der Waals surface area contributed by atoms with Crippen LogP contribution in [0, 0.1) is 17.2 Å². The Morgan fingerprint density at radius 2 is 1.25 bits per heavy atom. The van der Waals surface area contributed by atoms with Crippen LogP contribution >= 0.6 is 0 Å². The fourth-order valence-corrected chi connectivity index (χ4v) is 1.05. The highest BCUT2D eigenvalue weighted by atomic mass is 14.8. The standard InChI is InChI=1S/C8H7N.C6H7N/c9-7-8-5-3-1-2-4-6-8;1-2-4-6-7-5-3-1/h1-6,8H;1-7H. The average molecular weight is 210 g/mol. The summed E-state index contributed by atoms with van der Waals surface area (Å²) in [6, 6.07) is 2.13. The second kappa shape index (κ2) is 8.07. The van der Waals surface area contributed by atoms with Crippen LogP contribution in [0.4, 0.5) is 0 Å². The summed E-state index contributed by atoms with van der Waals surface area (Å²) >= 11 is 0. The molecule has 1 N–H and O–H groups in total. The largest absolute Gasteiger partial charge is 0.368 e. The van der Waals surface area contributed by atoms with E-state index in [9.17, 15) is 0 Å². The van der Waals surface area contributed by atoms with Crippen LogP contribution in [-0.4, -0.2) is 0 Å². The fraction of sp³-hybridized carbons (Fsp3) is 0.0714. The number of nitriles is 1. The summed E-state index contributed by atoms with van der Waals surface area (Å²) in [5.41, 5.74) is 0. The molecule has 0 radical (unpaired) electrons. The summed E-state index contributed by atoms with van der Waals surface area (Å²) in [6.45, 7) is 0. The molecule has 0 aromatic carbocycles. The Bertz CT molecular complexity index is 371. The van der Waals surface area contributed by atoms with Crippen LogP contribution < -0.4 is 5.32 Å². The molecule has 0 fully saturated rings. The van der Waals surface area contributed by atoms with Gasteiger partial charge in [-0.25, -0.2) is 0 Å². The van der Waals surface area contributed by atoms with E-state index >= 15 is 0 Å². The van der Waals surface area contributed by atoms with Gasteiger partial charge >= 0.3 is 0 Å². The number of rotatable bonds is 0. The van der Waals surface area contributed by atoms with Gasteiger partial charge in [0.15, 0.2) is 0 Å². The Labute approximate surface area is 96.3 Å². The van der Waals surface area contributed by atoms with Gasteiger partial charge in [0.05, 0.1) is 12.0 Å². The first-order chi connectivity index (χ1) is 7.93. The van der Waals surface area contributed by atoms with E-state index < -0.39 is 0 Å². The topological polar surface area (TPSA) is 35.8 Å². The zero-order chi connectivity index (χ0) is 11.5. The van der Waals surface area contributed by atoms with Crippen molar-refractivity contribution in [3.63, 3.8) is 0 Å². The van der Waals surface area contributed by atoms with Gasteiger partial charge in [-0.1, -0.05) is 48.6 Å². The van der Waals surface area contributed by atoms with E-state index in [1.54, 1.807) is 0 Å². The van der Waals surface area contributed by atoms with Crippen LogP contribution in [0.25, 0.3) is 0 Å². The summed E-state index contributed by atoms with van der Waals surface area (Å²) in [6.07, 6.45) is 22.9. The molecule has 0 saturated carbocycles. The third-order valence-corrected chi connectivity index (χ3v) is 1.84. The molecule has 1 aliphatic heterocycles. The Balaban J connectivity index is 0.000000165. The molecule has 0 bridgehead atoms. The Morgan fingerprint density at radius 3 is 1.75 bits per heavy atom. The molecule has 0 aromatic rings. The van der Waals surface area contributed by atoms with Gasteiger partial charge in [0.1, 0.15) is 0 Å². The lowest BCUT2D eigenvalue weighted by atomic mass is 10.1. The first kappa shape index (κ1) is 11.8. The van der Waals surface area contributed by atoms with Crippen molar-refractivity contribution in [2.75, 3.05) is 0 Å². The van der Waals surface area contributed by atoms with E-state index in [4.69, 9.17) is 5.26 Å². The van der Waals surface area contributed by atoms with Crippen LogP contribution in [0.5, 0.6) is 0 Å². The van der Waals surface area contributed by atoms with Crippen molar-refractivity contribution in [3.8, 4) is 6.07 Å². The molecule has 80 valence electrons. The molecule has 2 nitrogen and oxygen atoms in total. The van der Waals surface area contributed by atoms with Crippen molar-refractivity contribution < 1.29 is 0 Å². The van der Waals surface area contributed by atoms with Crippen LogP contribution in [0.3, 0.4) is 0 Å². The summed E-state index contributed by atoms with van der Waals surface area (Å²) < 4.78 is 0. The van der Waals surface area contributed by atoms with E-state index in [1.807, 2.05) is 73.2 Å². The Kier molecular flexibility index (Phi) is 5.96. The Hall–Kier alpha value is -2.27. The molecule has 0 atom stereocenters. The van der Waals surface area contributed by atoms with Gasteiger partial charge in [-0.2, -0.15) is 5.26 Å². The van der Waals surface area contributed by atoms with E-state index in [2.05, 4.69) is 11.4 Å². The molecule has 1 heterocycles. The zero-order valence-electron chi connectivity index (χ0n) is 8.95. The zero-order valence-corrected chi connectivity index (χ0v) is 8.95. The van der Waals surface area contributed by atoms with Crippen molar-refractivity contribution in [1.29, 1.82) is 5.26 Å². The highest BCUT2D eigenvalue weighted by Gasteiger charge is 1.94. The minimum atomic E-state index is -0.0417. The molecule has 0 amide bonds. The highest BCUT2D eigenvalue weighted by molar-refractivity contribution is 5.23. The number of hydrogen-bond acceptors (Lipinski definition) is 2. The monoisotopic (exact) mass is 210 g/mol. The first-order valence-corrected chi connectivity index (χ1v) is 5.09. The van der Waals surface area contributed by atoms with Gasteiger partial charge in [-0.3, -0.25) is 0 Å². The number of nitrogens with one attached hydrogen (secondary N) is 1. The maximum atomic E-state index is 8.44. The van der Waals surface area contributed by atoms with Gasteiger partial charge in [0.2, 0.25) is 0 Å². The first-order valence-electron chi connectivity index (χ1n) is 5.09. The van der Waals surface area contributed by atoms with Gasteiger partial charge in [0, 0.05) is 12.4 Å². The molecule has 2 rings (SSSR count). The smallest absolute Gasteiger partial charge is 0.0830 e. The highest BCUT2D eigenvalue weighted by Crippen LogP contribution is 2.02. The van der Waals surface area contributed by atoms with Gasteiger partial charge in [-0.05, 0) is 12.2 Å². The van der Waals surface area contributed by atoms with Crippen LogP contribution in [0.15, 0.2) is 73.2 Å². The summed E-state index contributed by atoms with van der Waals surface area (Å²) in [5.74, 6) is -0.0417. The normalized spacial score (nSPS) is 16.7. The Morgan fingerprint density at radius 1 is 0.750 bits per heavy atom. The average Bonchev–Trinajstić information content (AvgIpc) is 2.76. The van der Waals surface area contributed by atoms with Gasteiger partial charge < -0.3 is 5.32 Å². The van der Waals surface area contributed by atoms with Gasteiger partial charge in [0.25, 0.3) is 0 Å². The summed E-state index contributed by atoms with van der Waals surface area (Å²) in [5, 5.41) is 11.4. The third-order valence-electron chi connectivity index (χ3n) is 1.84. The molecule has 2 heteroatoms. The quantitative estimate of drug-likeness (QED) is 0.667. The minimum Gasteiger partial charge on any atom is -0.368 e. The van der Waals surface area contributed by atoms with Crippen molar-refractivity contribution in [2.24, 2.45) is 5.92 Å². The fourth-order valence-electron chi connectivity index (χ4n) is 1.05. The summed E-state index contributed by atoms with van der Waals surface area (Å²) in [7, 11) is 0. The maximum absolute atomic E-state index is 8.44. The number of nitrogens with zero attached hydrogens (tertiary/aromatic N) is 1. The predicted octanol–water partition coefficient (Wildman–Crippen LogP) is 2.98. The predicted molar refractivity (Wildman–Crippen MR) is 67.1 cm³/mol. The minimum absolute atomic E-state index is 0.0417. The van der Waals surface area contributed by atoms with E-state index in [0.29, 0.717) is 0 Å². The molecule has 1 aliphatic carbocycles. The second-order valence-electron chi connectivity index (χ2n) is 3.08. The molecule has 0 spiro atoms. The van der Waals surface area contributed by atoms with Crippen molar-refractivity contribution in [1.82, 2.24) is 5.32 Å². The van der Waals surface area contributed by atoms with Crippen molar-refractivity contribution in [3.05, 3.63) is 73.2 Å². The van der Waals surface area contributed by atoms with Gasteiger partial charge in [-0.15, -0.1) is 0 Å².